The van der Waals surface area contributed by atoms with Crippen LogP contribution in [0.3, 0.4) is 0 Å². The molecule has 1 aliphatic carbocycles. The third-order valence-corrected chi connectivity index (χ3v) is 3.83. The van der Waals surface area contributed by atoms with Crippen molar-refractivity contribution in [3.8, 4) is 5.75 Å². The minimum atomic E-state index is -0.435. The highest BCUT2D eigenvalue weighted by atomic mass is 79.9. The van der Waals surface area contributed by atoms with E-state index in [4.69, 9.17) is 10.5 Å². The molecule has 0 spiro atoms. The highest BCUT2D eigenvalue weighted by molar-refractivity contribution is 9.10. The van der Waals surface area contributed by atoms with Gasteiger partial charge in [-0.1, -0.05) is 12.8 Å². The highest BCUT2D eigenvalue weighted by Crippen LogP contribution is 2.43. The summed E-state index contributed by atoms with van der Waals surface area (Å²) in [7, 11) is 1.58. The van der Waals surface area contributed by atoms with Gasteiger partial charge in [0.1, 0.15) is 11.6 Å². The maximum absolute atomic E-state index is 13.4. The highest BCUT2D eigenvalue weighted by Gasteiger charge is 2.34. The lowest BCUT2D eigenvalue weighted by Crippen LogP contribution is -2.33. The second-order valence-corrected chi connectivity index (χ2v) is 5.19. The van der Waals surface area contributed by atoms with E-state index in [0.717, 1.165) is 31.2 Å². The van der Waals surface area contributed by atoms with Crippen LogP contribution in [0.15, 0.2) is 16.6 Å². The normalized spacial score (nSPS) is 18.8. The molecule has 0 aliphatic heterocycles. The topological polar surface area (TPSA) is 35.2 Å². The Balaban J connectivity index is 2.53. The van der Waals surface area contributed by atoms with Crippen molar-refractivity contribution in [2.45, 2.75) is 31.2 Å². The van der Waals surface area contributed by atoms with E-state index in [1.54, 1.807) is 7.11 Å². The van der Waals surface area contributed by atoms with Crippen molar-refractivity contribution in [1.29, 1.82) is 0 Å². The number of methoxy groups -OCH3 is 1. The second-order valence-electron chi connectivity index (χ2n) is 4.33. The van der Waals surface area contributed by atoms with Crippen molar-refractivity contribution in [3.05, 3.63) is 28.0 Å². The molecule has 0 heterocycles. The van der Waals surface area contributed by atoms with E-state index < -0.39 is 5.54 Å². The summed E-state index contributed by atoms with van der Waals surface area (Å²) in [5.74, 6) is 0.380. The van der Waals surface area contributed by atoms with Crippen molar-refractivity contribution >= 4 is 15.9 Å². The molecule has 0 saturated heterocycles. The molecule has 1 saturated carbocycles. The fraction of sp³-hybridized carbons (Fsp3) is 0.500. The van der Waals surface area contributed by atoms with Gasteiger partial charge >= 0.3 is 0 Å². The van der Waals surface area contributed by atoms with Crippen LogP contribution in [0, 0.1) is 5.82 Å². The Labute approximate surface area is 103 Å². The Morgan fingerprint density at radius 3 is 2.56 bits per heavy atom. The van der Waals surface area contributed by atoms with Crippen molar-refractivity contribution in [3.63, 3.8) is 0 Å². The van der Waals surface area contributed by atoms with Gasteiger partial charge in [-0.2, -0.15) is 0 Å². The minimum absolute atomic E-state index is 0.278. The van der Waals surface area contributed by atoms with Gasteiger partial charge in [0.05, 0.1) is 11.6 Å². The molecule has 88 valence electrons. The van der Waals surface area contributed by atoms with Gasteiger partial charge in [0.25, 0.3) is 0 Å². The molecule has 1 fully saturated rings. The average molecular weight is 288 g/mol. The van der Waals surface area contributed by atoms with Crippen molar-refractivity contribution in [1.82, 2.24) is 0 Å². The number of halogens is 2. The molecule has 16 heavy (non-hydrogen) atoms. The molecule has 2 rings (SSSR count). The van der Waals surface area contributed by atoms with Crippen LogP contribution in [0.1, 0.15) is 31.2 Å². The molecule has 0 radical (unpaired) electrons. The molecule has 2 nitrogen and oxygen atoms in total. The van der Waals surface area contributed by atoms with E-state index in [1.165, 1.54) is 12.1 Å². The average Bonchev–Trinajstić information content (AvgIpc) is 2.65. The summed E-state index contributed by atoms with van der Waals surface area (Å²) in [5.41, 5.74) is 6.67. The number of hydrogen-bond acceptors (Lipinski definition) is 2. The van der Waals surface area contributed by atoms with Gasteiger partial charge in [0.2, 0.25) is 0 Å². The van der Waals surface area contributed by atoms with Gasteiger partial charge in [-0.05, 0) is 40.9 Å². The quantitative estimate of drug-likeness (QED) is 0.906. The molecule has 0 bridgehead atoms. The van der Waals surface area contributed by atoms with Crippen molar-refractivity contribution < 1.29 is 9.13 Å². The molecule has 1 aliphatic rings. The van der Waals surface area contributed by atoms with E-state index in [9.17, 15) is 4.39 Å². The zero-order valence-electron chi connectivity index (χ0n) is 9.22. The zero-order chi connectivity index (χ0) is 11.8. The molecule has 1 aromatic carbocycles. The van der Waals surface area contributed by atoms with Crippen LogP contribution < -0.4 is 10.5 Å². The first-order valence-corrected chi connectivity index (χ1v) is 6.18. The lowest BCUT2D eigenvalue weighted by molar-refractivity contribution is 0.374. The van der Waals surface area contributed by atoms with Crippen molar-refractivity contribution in [2.24, 2.45) is 5.73 Å². The van der Waals surface area contributed by atoms with Gasteiger partial charge in [-0.25, -0.2) is 4.39 Å². The maximum atomic E-state index is 13.4. The Bertz CT molecular complexity index is 402. The minimum Gasteiger partial charge on any atom is -0.495 e. The summed E-state index contributed by atoms with van der Waals surface area (Å²) < 4.78 is 19.4. The largest absolute Gasteiger partial charge is 0.495 e. The molecule has 0 atom stereocenters. The predicted molar refractivity (Wildman–Crippen MR) is 65.0 cm³/mol. The Morgan fingerprint density at radius 1 is 1.38 bits per heavy atom. The van der Waals surface area contributed by atoms with Crippen molar-refractivity contribution in [2.75, 3.05) is 7.11 Å². The predicted octanol–water partition coefficient (Wildman–Crippen LogP) is 3.32. The third-order valence-electron chi connectivity index (χ3n) is 3.24. The van der Waals surface area contributed by atoms with Gasteiger partial charge in [-0.15, -0.1) is 0 Å². The molecule has 1 aromatic rings. The third kappa shape index (κ3) is 1.96. The number of ether oxygens (including phenoxy) is 1. The summed E-state index contributed by atoms with van der Waals surface area (Å²) in [4.78, 5) is 0. The van der Waals surface area contributed by atoms with Gasteiger partial charge < -0.3 is 10.5 Å². The first-order valence-electron chi connectivity index (χ1n) is 5.39. The van der Waals surface area contributed by atoms with Gasteiger partial charge in [0, 0.05) is 11.1 Å². The van der Waals surface area contributed by atoms with Crippen LogP contribution >= 0.6 is 15.9 Å². The van der Waals surface area contributed by atoms with E-state index >= 15 is 0 Å². The zero-order valence-corrected chi connectivity index (χ0v) is 10.8. The van der Waals surface area contributed by atoms with Crippen LogP contribution in [0.4, 0.5) is 4.39 Å². The maximum Gasteiger partial charge on any atom is 0.138 e. The monoisotopic (exact) mass is 287 g/mol. The SMILES string of the molecule is COc1c(Br)cc(F)cc1C1(N)CCCC1. The number of hydrogen-bond donors (Lipinski definition) is 1. The van der Waals surface area contributed by atoms with Crippen LogP contribution in [0.5, 0.6) is 5.75 Å². The van der Waals surface area contributed by atoms with E-state index in [2.05, 4.69) is 15.9 Å². The van der Waals surface area contributed by atoms with E-state index in [-0.39, 0.29) is 5.82 Å². The summed E-state index contributed by atoms with van der Waals surface area (Å²) in [6.45, 7) is 0. The molecule has 2 N–H and O–H groups in total. The Hall–Kier alpha value is -0.610. The summed E-state index contributed by atoms with van der Waals surface area (Å²) >= 11 is 3.31. The summed E-state index contributed by atoms with van der Waals surface area (Å²) in [5, 5.41) is 0. The molecule has 4 heteroatoms. The molecule has 0 amide bonds. The van der Waals surface area contributed by atoms with Gasteiger partial charge in [0.15, 0.2) is 0 Å². The lowest BCUT2D eigenvalue weighted by Gasteiger charge is -2.26. The van der Waals surface area contributed by atoms with Crippen LogP contribution in [0.2, 0.25) is 0 Å². The molecule has 0 aromatic heterocycles. The summed E-state index contributed by atoms with van der Waals surface area (Å²) in [6.07, 6.45) is 3.96. The number of benzene rings is 1. The standard InChI is InChI=1S/C12H15BrFNO/c1-16-11-9(6-8(14)7-10(11)13)12(15)4-2-3-5-12/h6-7H,2-5,15H2,1H3. The Kier molecular flexibility index (Phi) is 3.22. The molecular weight excluding hydrogens is 273 g/mol. The Morgan fingerprint density at radius 2 is 2.00 bits per heavy atom. The number of rotatable bonds is 2. The van der Waals surface area contributed by atoms with Crippen LogP contribution in [0.25, 0.3) is 0 Å². The fourth-order valence-electron chi connectivity index (χ4n) is 2.41. The van der Waals surface area contributed by atoms with E-state index in [0.29, 0.717) is 10.2 Å². The van der Waals surface area contributed by atoms with Crippen LogP contribution in [-0.4, -0.2) is 7.11 Å². The fourth-order valence-corrected chi connectivity index (χ4v) is 3.01. The number of nitrogens with two attached hydrogens (primary N) is 1. The lowest BCUT2D eigenvalue weighted by atomic mass is 9.88. The first-order chi connectivity index (χ1) is 7.57. The first kappa shape index (κ1) is 11.9. The van der Waals surface area contributed by atoms with E-state index in [1.807, 2.05) is 0 Å². The second kappa shape index (κ2) is 4.34. The molecular formula is C12H15BrFNO. The van der Waals surface area contributed by atoms with Gasteiger partial charge in [-0.3, -0.25) is 0 Å². The smallest absolute Gasteiger partial charge is 0.138 e. The summed E-state index contributed by atoms with van der Waals surface area (Å²) in [6, 6.07) is 2.90. The molecule has 0 unspecified atom stereocenters. The van der Waals surface area contributed by atoms with Crippen LogP contribution in [-0.2, 0) is 5.54 Å².